The summed E-state index contributed by atoms with van der Waals surface area (Å²) >= 11 is 0. The second kappa shape index (κ2) is 9.61. The largest absolute Gasteiger partial charge is 0.325 e. The Morgan fingerprint density at radius 2 is 0.815 bits per heavy atom. The molecular weight excluding hydrogens is 328 g/mol. The Labute approximate surface area is 170 Å². The lowest BCUT2D eigenvalue weighted by molar-refractivity contribution is -0.0372. The maximum absolute atomic E-state index is 7.46. The Kier molecular flexibility index (Phi) is 8.26. The van der Waals surface area contributed by atoms with Gasteiger partial charge in [0.15, 0.2) is 0 Å². The van der Waals surface area contributed by atoms with Crippen molar-refractivity contribution in [1.82, 2.24) is 0 Å². The van der Waals surface area contributed by atoms with Crippen molar-refractivity contribution < 1.29 is 0 Å². The molecule has 27 heavy (non-hydrogen) atoms. The molecule has 2 nitrogen and oxygen atoms in total. The first-order chi connectivity index (χ1) is 12.9. The van der Waals surface area contributed by atoms with Gasteiger partial charge in [0.2, 0.25) is 0 Å². The molecular formula is C25H50N2. The molecule has 2 aliphatic carbocycles. The van der Waals surface area contributed by atoms with Crippen LogP contribution in [0.4, 0.5) is 0 Å². The zero-order chi connectivity index (χ0) is 20.0. The van der Waals surface area contributed by atoms with Crippen LogP contribution in [-0.2, 0) is 0 Å². The van der Waals surface area contributed by atoms with Gasteiger partial charge in [-0.05, 0) is 68.6 Å². The highest BCUT2D eigenvalue weighted by Crippen LogP contribution is 2.58. The lowest BCUT2D eigenvalue weighted by Crippen LogP contribution is -2.67. The number of rotatable bonds is 10. The highest BCUT2D eigenvalue weighted by molar-refractivity contribution is 5.14. The molecule has 0 bridgehead atoms. The van der Waals surface area contributed by atoms with Crippen LogP contribution < -0.4 is 11.5 Å². The molecule has 0 aromatic heterocycles. The molecule has 0 saturated heterocycles. The van der Waals surface area contributed by atoms with Gasteiger partial charge in [0, 0.05) is 11.1 Å². The van der Waals surface area contributed by atoms with Crippen molar-refractivity contribution in [3.8, 4) is 0 Å². The highest BCUT2D eigenvalue weighted by atomic mass is 14.9. The smallest absolute Gasteiger partial charge is 0.0229 e. The van der Waals surface area contributed by atoms with Crippen molar-refractivity contribution in [2.75, 3.05) is 0 Å². The fraction of sp³-hybridized carbons (Fsp3) is 1.00. The SMILES string of the molecule is CCCC1(CCC)CCCCC1(N)CC1(N)CCCCC1(CCC)CCC. The summed E-state index contributed by atoms with van der Waals surface area (Å²) in [6, 6.07) is 0. The summed E-state index contributed by atoms with van der Waals surface area (Å²) in [6.45, 7) is 9.40. The van der Waals surface area contributed by atoms with Gasteiger partial charge in [-0.25, -0.2) is 0 Å². The summed E-state index contributed by atoms with van der Waals surface area (Å²) in [6.07, 6.45) is 21.7. The monoisotopic (exact) mass is 378 g/mol. The minimum atomic E-state index is -0.0594. The summed E-state index contributed by atoms with van der Waals surface area (Å²) in [5.74, 6) is 0. The van der Waals surface area contributed by atoms with E-state index < -0.39 is 0 Å². The molecule has 0 heterocycles. The summed E-state index contributed by atoms with van der Waals surface area (Å²) in [7, 11) is 0. The van der Waals surface area contributed by atoms with E-state index in [0.717, 1.165) is 6.42 Å². The van der Waals surface area contributed by atoms with Crippen LogP contribution in [0, 0.1) is 10.8 Å². The first-order valence-corrected chi connectivity index (χ1v) is 12.4. The molecule has 0 spiro atoms. The topological polar surface area (TPSA) is 52.0 Å². The first-order valence-electron chi connectivity index (χ1n) is 12.4. The van der Waals surface area contributed by atoms with Crippen molar-refractivity contribution in [1.29, 1.82) is 0 Å². The van der Waals surface area contributed by atoms with E-state index in [1.807, 2.05) is 0 Å². The lowest BCUT2D eigenvalue weighted by atomic mass is 9.49. The van der Waals surface area contributed by atoms with E-state index in [0.29, 0.717) is 10.8 Å². The van der Waals surface area contributed by atoms with Crippen LogP contribution in [0.15, 0.2) is 0 Å². The predicted molar refractivity (Wildman–Crippen MR) is 120 cm³/mol. The maximum atomic E-state index is 7.46. The van der Waals surface area contributed by atoms with Gasteiger partial charge in [0.05, 0.1) is 0 Å². The molecule has 0 radical (unpaired) electrons. The van der Waals surface area contributed by atoms with Gasteiger partial charge in [0.25, 0.3) is 0 Å². The van der Waals surface area contributed by atoms with Gasteiger partial charge >= 0.3 is 0 Å². The Balaban J connectivity index is 2.40. The predicted octanol–water partition coefficient (Wildman–Crippen LogP) is 7.09. The van der Waals surface area contributed by atoms with Crippen LogP contribution in [0.2, 0.25) is 0 Å². The average Bonchev–Trinajstić information content (AvgIpc) is 2.61. The molecule has 2 heteroatoms. The van der Waals surface area contributed by atoms with Crippen molar-refractivity contribution in [3.63, 3.8) is 0 Å². The highest BCUT2D eigenvalue weighted by Gasteiger charge is 2.57. The van der Waals surface area contributed by atoms with E-state index in [4.69, 9.17) is 11.5 Å². The van der Waals surface area contributed by atoms with Crippen LogP contribution in [0.1, 0.15) is 137 Å². The van der Waals surface area contributed by atoms with Gasteiger partial charge in [0.1, 0.15) is 0 Å². The van der Waals surface area contributed by atoms with Crippen molar-refractivity contribution in [3.05, 3.63) is 0 Å². The standard InChI is InChI=1S/C25H50N2/c1-5-13-22(14-6-2)17-9-11-19-24(22,26)21-25(27)20-12-10-18-23(25,15-7-3)16-8-4/h5-21,26-27H2,1-4H3. The number of nitrogens with two attached hydrogens (primary N) is 2. The maximum Gasteiger partial charge on any atom is 0.0229 e. The van der Waals surface area contributed by atoms with Crippen molar-refractivity contribution >= 4 is 0 Å². The second-order valence-corrected chi connectivity index (χ2v) is 10.5. The fourth-order valence-corrected chi connectivity index (χ4v) is 7.61. The molecule has 160 valence electrons. The van der Waals surface area contributed by atoms with E-state index in [2.05, 4.69) is 27.7 Å². The molecule has 2 fully saturated rings. The zero-order valence-corrected chi connectivity index (χ0v) is 19.2. The van der Waals surface area contributed by atoms with Gasteiger partial charge in [-0.3, -0.25) is 0 Å². The third-order valence-corrected chi connectivity index (χ3v) is 8.71. The Hall–Kier alpha value is -0.0800. The van der Waals surface area contributed by atoms with Crippen LogP contribution in [0.5, 0.6) is 0 Å². The normalized spacial score (nSPS) is 33.1. The average molecular weight is 379 g/mol. The number of hydrogen-bond acceptors (Lipinski definition) is 2. The van der Waals surface area contributed by atoms with Crippen LogP contribution in [0.25, 0.3) is 0 Å². The van der Waals surface area contributed by atoms with Gasteiger partial charge in [-0.2, -0.15) is 0 Å². The zero-order valence-electron chi connectivity index (χ0n) is 19.2. The molecule has 2 rings (SSSR count). The van der Waals surface area contributed by atoms with Crippen LogP contribution in [-0.4, -0.2) is 11.1 Å². The molecule has 2 saturated carbocycles. The van der Waals surface area contributed by atoms with Gasteiger partial charge < -0.3 is 11.5 Å². The quantitative estimate of drug-likeness (QED) is 0.426. The molecule has 0 aliphatic heterocycles. The van der Waals surface area contributed by atoms with E-state index >= 15 is 0 Å². The molecule has 2 unspecified atom stereocenters. The summed E-state index contributed by atoms with van der Waals surface area (Å²) in [4.78, 5) is 0. The third kappa shape index (κ3) is 4.42. The first kappa shape index (κ1) is 23.2. The fourth-order valence-electron chi connectivity index (χ4n) is 7.61. The Morgan fingerprint density at radius 1 is 0.519 bits per heavy atom. The van der Waals surface area contributed by atoms with Crippen LogP contribution in [0.3, 0.4) is 0 Å². The van der Waals surface area contributed by atoms with E-state index in [1.54, 1.807) is 0 Å². The molecule has 2 atom stereocenters. The molecule has 0 aromatic rings. The van der Waals surface area contributed by atoms with Gasteiger partial charge in [-0.1, -0.05) is 79.1 Å². The van der Waals surface area contributed by atoms with Crippen molar-refractivity contribution in [2.45, 2.75) is 148 Å². The second-order valence-electron chi connectivity index (χ2n) is 10.5. The molecule has 2 aliphatic rings. The third-order valence-electron chi connectivity index (χ3n) is 8.71. The summed E-state index contributed by atoms with van der Waals surface area (Å²) < 4.78 is 0. The van der Waals surface area contributed by atoms with Crippen molar-refractivity contribution in [2.24, 2.45) is 22.3 Å². The summed E-state index contributed by atoms with van der Waals surface area (Å²) in [5, 5.41) is 0. The van der Waals surface area contributed by atoms with E-state index in [9.17, 15) is 0 Å². The van der Waals surface area contributed by atoms with Crippen LogP contribution >= 0.6 is 0 Å². The minimum Gasteiger partial charge on any atom is -0.325 e. The lowest BCUT2D eigenvalue weighted by Gasteiger charge is -2.60. The van der Waals surface area contributed by atoms with E-state index in [-0.39, 0.29) is 11.1 Å². The summed E-state index contributed by atoms with van der Waals surface area (Å²) in [5.41, 5.74) is 15.4. The molecule has 0 amide bonds. The molecule has 4 N–H and O–H groups in total. The van der Waals surface area contributed by atoms with E-state index in [1.165, 1.54) is 103 Å². The minimum absolute atomic E-state index is 0.0594. The Morgan fingerprint density at radius 3 is 1.11 bits per heavy atom. The Bertz CT molecular complexity index is 383. The molecule has 0 aromatic carbocycles. The van der Waals surface area contributed by atoms with Gasteiger partial charge in [-0.15, -0.1) is 0 Å². The number of hydrogen-bond donors (Lipinski definition) is 2.